The largest absolute Gasteiger partial charge is 0.462 e. The van der Waals surface area contributed by atoms with Crippen molar-refractivity contribution in [1.82, 2.24) is 0 Å². The van der Waals surface area contributed by atoms with Crippen LogP contribution in [0.1, 0.15) is 134 Å². The first-order valence-corrected chi connectivity index (χ1v) is 13.8. The van der Waals surface area contributed by atoms with Gasteiger partial charge in [-0.15, -0.1) is 0 Å². The van der Waals surface area contributed by atoms with Crippen LogP contribution in [0.3, 0.4) is 0 Å². The van der Waals surface area contributed by atoms with E-state index in [0.717, 1.165) is 18.8 Å². The first-order chi connectivity index (χ1) is 15.7. The molecular formula is C29H51NO2. The molecule has 0 spiro atoms. The van der Waals surface area contributed by atoms with Gasteiger partial charge in [0.15, 0.2) is 0 Å². The minimum absolute atomic E-state index is 0.194. The Kier molecular flexibility index (Phi) is 17.9. The fourth-order valence-electron chi connectivity index (χ4n) is 4.36. The van der Waals surface area contributed by atoms with Gasteiger partial charge in [0, 0.05) is 13.1 Å². The van der Waals surface area contributed by atoms with Crippen LogP contribution in [0.2, 0.25) is 0 Å². The Morgan fingerprint density at radius 2 is 1.09 bits per heavy atom. The van der Waals surface area contributed by atoms with Crippen LogP contribution in [0.4, 0.5) is 5.69 Å². The van der Waals surface area contributed by atoms with E-state index in [0.29, 0.717) is 12.2 Å². The molecule has 0 bridgehead atoms. The smallest absolute Gasteiger partial charge is 0.340 e. The van der Waals surface area contributed by atoms with E-state index in [-0.39, 0.29) is 5.97 Å². The van der Waals surface area contributed by atoms with Gasteiger partial charge in [0.05, 0.1) is 17.9 Å². The monoisotopic (exact) mass is 445 g/mol. The predicted molar refractivity (Wildman–Crippen MR) is 140 cm³/mol. The molecule has 1 aromatic rings. The molecule has 1 aromatic carbocycles. The van der Waals surface area contributed by atoms with Gasteiger partial charge in [-0.3, -0.25) is 0 Å². The van der Waals surface area contributed by atoms with Crippen molar-refractivity contribution < 1.29 is 9.53 Å². The molecule has 0 heterocycles. The molecule has 0 aliphatic rings. The number of benzene rings is 1. The van der Waals surface area contributed by atoms with E-state index in [9.17, 15) is 4.79 Å². The second-order valence-corrected chi connectivity index (χ2v) is 9.17. The second kappa shape index (κ2) is 20.1. The number of carbonyl (C=O) groups is 1. The molecule has 0 aliphatic heterocycles. The number of nitrogens with zero attached hydrogens (tertiary/aromatic N) is 1. The Hall–Kier alpha value is -1.51. The number of rotatable bonds is 21. The van der Waals surface area contributed by atoms with Crippen LogP contribution < -0.4 is 4.90 Å². The summed E-state index contributed by atoms with van der Waals surface area (Å²) < 4.78 is 5.33. The standard InChI is InChI=1S/C29H51NO2/c1-4-7-9-11-13-15-17-21-25-30(26-22-18-16-14-12-10-8-5-2)28-24-20-19-23-27(28)29(31)32-6-3/h19-20,23-24H,4-18,21-22,25-26H2,1-3H3. The third kappa shape index (κ3) is 13.1. The summed E-state index contributed by atoms with van der Waals surface area (Å²) in [5.74, 6) is -0.194. The Morgan fingerprint density at radius 3 is 1.56 bits per heavy atom. The highest BCUT2D eigenvalue weighted by Crippen LogP contribution is 2.23. The highest BCUT2D eigenvalue weighted by atomic mass is 16.5. The summed E-state index contributed by atoms with van der Waals surface area (Å²) in [6.07, 6.45) is 21.2. The van der Waals surface area contributed by atoms with Gasteiger partial charge < -0.3 is 9.64 Å². The molecule has 3 nitrogen and oxygen atoms in total. The van der Waals surface area contributed by atoms with E-state index in [2.05, 4.69) is 24.8 Å². The first-order valence-electron chi connectivity index (χ1n) is 13.8. The van der Waals surface area contributed by atoms with E-state index in [4.69, 9.17) is 4.74 Å². The SMILES string of the molecule is CCCCCCCCCCN(CCCCCCCCCC)c1ccccc1C(=O)OCC. The molecule has 0 amide bonds. The maximum Gasteiger partial charge on any atom is 0.340 e. The summed E-state index contributed by atoms with van der Waals surface area (Å²) in [6, 6.07) is 8.01. The number of ether oxygens (including phenoxy) is 1. The zero-order valence-corrected chi connectivity index (χ0v) is 21.5. The molecule has 32 heavy (non-hydrogen) atoms. The summed E-state index contributed by atoms with van der Waals surface area (Å²) in [5.41, 5.74) is 1.77. The lowest BCUT2D eigenvalue weighted by atomic mass is 10.1. The molecule has 0 aromatic heterocycles. The Morgan fingerprint density at radius 1 is 0.656 bits per heavy atom. The van der Waals surface area contributed by atoms with Gasteiger partial charge in [-0.25, -0.2) is 4.79 Å². The Balaban J connectivity index is 2.55. The van der Waals surface area contributed by atoms with Crippen molar-refractivity contribution in [3.8, 4) is 0 Å². The lowest BCUT2D eigenvalue weighted by Gasteiger charge is -2.27. The number of hydrogen-bond donors (Lipinski definition) is 0. The number of esters is 1. The average molecular weight is 446 g/mol. The predicted octanol–water partition coefficient (Wildman–Crippen LogP) is 8.95. The quantitative estimate of drug-likeness (QED) is 0.140. The van der Waals surface area contributed by atoms with Crippen LogP contribution >= 0.6 is 0 Å². The topological polar surface area (TPSA) is 29.5 Å². The van der Waals surface area contributed by atoms with Crippen molar-refractivity contribution in [1.29, 1.82) is 0 Å². The number of hydrogen-bond acceptors (Lipinski definition) is 3. The molecule has 3 heteroatoms. The van der Waals surface area contributed by atoms with Crippen LogP contribution in [0.25, 0.3) is 0 Å². The van der Waals surface area contributed by atoms with Crippen LogP contribution in [0, 0.1) is 0 Å². The van der Waals surface area contributed by atoms with Crippen molar-refractivity contribution >= 4 is 11.7 Å². The highest BCUT2D eigenvalue weighted by Gasteiger charge is 2.17. The van der Waals surface area contributed by atoms with Gasteiger partial charge in [0.1, 0.15) is 0 Å². The van der Waals surface area contributed by atoms with Crippen LogP contribution in [-0.4, -0.2) is 25.7 Å². The molecule has 0 saturated carbocycles. The molecule has 0 atom stereocenters. The maximum absolute atomic E-state index is 12.5. The van der Waals surface area contributed by atoms with Gasteiger partial charge in [0.2, 0.25) is 0 Å². The molecule has 0 fully saturated rings. The van der Waals surface area contributed by atoms with Crippen molar-refractivity contribution in [3.63, 3.8) is 0 Å². The van der Waals surface area contributed by atoms with Crippen LogP contribution in [-0.2, 0) is 4.74 Å². The summed E-state index contributed by atoms with van der Waals surface area (Å²) in [5, 5.41) is 0. The van der Waals surface area contributed by atoms with E-state index in [1.54, 1.807) is 0 Å². The van der Waals surface area contributed by atoms with E-state index >= 15 is 0 Å². The van der Waals surface area contributed by atoms with Gasteiger partial charge in [-0.05, 0) is 31.9 Å². The molecule has 0 saturated heterocycles. The number of carbonyl (C=O) groups excluding carboxylic acids is 1. The molecule has 1 rings (SSSR count). The molecular weight excluding hydrogens is 394 g/mol. The highest BCUT2D eigenvalue weighted by molar-refractivity contribution is 5.95. The van der Waals surface area contributed by atoms with Gasteiger partial charge in [0.25, 0.3) is 0 Å². The zero-order chi connectivity index (χ0) is 23.3. The molecule has 0 aliphatic carbocycles. The Bertz CT molecular complexity index is 552. The molecule has 184 valence electrons. The first kappa shape index (κ1) is 28.5. The number of para-hydroxylation sites is 1. The minimum atomic E-state index is -0.194. The van der Waals surface area contributed by atoms with Crippen molar-refractivity contribution in [3.05, 3.63) is 29.8 Å². The number of unbranched alkanes of at least 4 members (excludes halogenated alkanes) is 14. The molecule has 0 N–H and O–H groups in total. The van der Waals surface area contributed by atoms with Crippen molar-refractivity contribution in [2.45, 2.75) is 124 Å². The van der Waals surface area contributed by atoms with E-state index in [1.165, 1.54) is 103 Å². The third-order valence-electron chi connectivity index (χ3n) is 6.30. The number of anilines is 1. The van der Waals surface area contributed by atoms with Gasteiger partial charge in [-0.1, -0.05) is 116 Å². The maximum atomic E-state index is 12.5. The minimum Gasteiger partial charge on any atom is -0.462 e. The lowest BCUT2D eigenvalue weighted by Crippen LogP contribution is -2.28. The summed E-state index contributed by atoms with van der Waals surface area (Å²) >= 11 is 0. The zero-order valence-electron chi connectivity index (χ0n) is 21.5. The fraction of sp³-hybridized carbons (Fsp3) is 0.759. The summed E-state index contributed by atoms with van der Waals surface area (Å²) in [6.45, 7) is 8.90. The van der Waals surface area contributed by atoms with Gasteiger partial charge >= 0.3 is 5.97 Å². The normalized spacial score (nSPS) is 11.0. The summed E-state index contributed by atoms with van der Waals surface area (Å²) in [4.78, 5) is 15.0. The average Bonchev–Trinajstić information content (AvgIpc) is 2.81. The van der Waals surface area contributed by atoms with Crippen molar-refractivity contribution in [2.75, 3.05) is 24.6 Å². The Labute approximate surface area is 199 Å². The van der Waals surface area contributed by atoms with Crippen LogP contribution in [0.15, 0.2) is 24.3 Å². The third-order valence-corrected chi connectivity index (χ3v) is 6.30. The van der Waals surface area contributed by atoms with E-state index in [1.807, 2.05) is 25.1 Å². The fourth-order valence-corrected chi connectivity index (χ4v) is 4.36. The van der Waals surface area contributed by atoms with Crippen molar-refractivity contribution in [2.24, 2.45) is 0 Å². The molecule has 0 unspecified atom stereocenters. The van der Waals surface area contributed by atoms with Crippen LogP contribution in [0.5, 0.6) is 0 Å². The van der Waals surface area contributed by atoms with E-state index < -0.39 is 0 Å². The summed E-state index contributed by atoms with van der Waals surface area (Å²) in [7, 11) is 0. The van der Waals surface area contributed by atoms with Gasteiger partial charge in [-0.2, -0.15) is 0 Å². The lowest BCUT2D eigenvalue weighted by molar-refractivity contribution is 0.0527. The molecule has 0 radical (unpaired) electrons. The second-order valence-electron chi connectivity index (χ2n) is 9.17.